The first kappa shape index (κ1) is 16.6. The quantitative estimate of drug-likeness (QED) is 0.938. The number of benzene rings is 2. The van der Waals surface area contributed by atoms with E-state index < -0.39 is 6.10 Å². The van der Waals surface area contributed by atoms with Crippen LogP contribution in [0.15, 0.2) is 48.5 Å². The summed E-state index contributed by atoms with van der Waals surface area (Å²) < 4.78 is 18.3. The third-order valence-electron chi connectivity index (χ3n) is 4.28. The predicted octanol–water partition coefficient (Wildman–Crippen LogP) is 2.92. The minimum atomic E-state index is -0.578. The molecule has 0 aliphatic carbocycles. The minimum Gasteiger partial charge on any atom is -0.391 e. The highest BCUT2D eigenvalue weighted by molar-refractivity contribution is 5.95. The first-order chi connectivity index (χ1) is 11.6. The molecule has 0 bridgehead atoms. The third kappa shape index (κ3) is 3.47. The third-order valence-corrected chi connectivity index (χ3v) is 4.28. The van der Waals surface area contributed by atoms with E-state index in [0.717, 1.165) is 11.1 Å². The van der Waals surface area contributed by atoms with Crippen LogP contribution in [0.1, 0.15) is 33.9 Å². The summed E-state index contributed by atoms with van der Waals surface area (Å²) in [5, 5.41) is 10.0. The number of nitrogens with zero attached hydrogens (tertiary/aromatic N) is 1. The lowest BCUT2D eigenvalue weighted by molar-refractivity contribution is 0.0715. The average Bonchev–Trinajstić information content (AvgIpc) is 2.97. The number of carbonyl (C=O) groups is 1. The molecule has 1 fully saturated rings. The lowest BCUT2D eigenvalue weighted by Gasteiger charge is -2.25. The number of amides is 1. The van der Waals surface area contributed by atoms with Crippen LogP contribution >= 0.6 is 0 Å². The normalized spacial score (nSPS) is 20.4. The van der Waals surface area contributed by atoms with Crippen molar-refractivity contribution in [2.75, 3.05) is 13.7 Å². The highest BCUT2D eigenvalue weighted by Gasteiger charge is 2.35. The van der Waals surface area contributed by atoms with Crippen LogP contribution in [0.4, 0.5) is 4.39 Å². The number of β-amino-alcohol motifs (C(OH)–C–C–N with tert-alkyl or cyclic N) is 1. The van der Waals surface area contributed by atoms with Crippen LogP contribution in [0.3, 0.4) is 0 Å². The van der Waals surface area contributed by atoms with E-state index in [1.807, 2.05) is 12.1 Å². The van der Waals surface area contributed by atoms with Crippen molar-refractivity contribution in [2.45, 2.75) is 25.2 Å². The summed E-state index contributed by atoms with van der Waals surface area (Å²) >= 11 is 0. The van der Waals surface area contributed by atoms with Gasteiger partial charge in [-0.05, 0) is 41.8 Å². The fourth-order valence-corrected chi connectivity index (χ4v) is 3.17. The largest absolute Gasteiger partial charge is 0.391 e. The van der Waals surface area contributed by atoms with Crippen LogP contribution in [0, 0.1) is 5.82 Å². The Morgan fingerprint density at radius 1 is 1.29 bits per heavy atom. The molecule has 0 unspecified atom stereocenters. The van der Waals surface area contributed by atoms with E-state index in [1.165, 1.54) is 12.1 Å². The Bertz CT molecular complexity index is 717. The number of hydrogen-bond donors (Lipinski definition) is 1. The van der Waals surface area contributed by atoms with Crippen LogP contribution in [-0.2, 0) is 11.3 Å². The molecule has 1 heterocycles. The molecule has 1 saturated heterocycles. The van der Waals surface area contributed by atoms with E-state index in [-0.39, 0.29) is 24.3 Å². The minimum absolute atomic E-state index is 0.140. The summed E-state index contributed by atoms with van der Waals surface area (Å²) in [4.78, 5) is 14.6. The molecule has 2 atom stereocenters. The van der Waals surface area contributed by atoms with Crippen molar-refractivity contribution in [1.29, 1.82) is 0 Å². The molecule has 0 saturated carbocycles. The Kier molecular flexibility index (Phi) is 4.92. The number of aliphatic hydroxyl groups is 1. The van der Waals surface area contributed by atoms with Crippen molar-refractivity contribution in [2.24, 2.45) is 0 Å². The number of likely N-dealkylation sites (tertiary alicyclic amines) is 1. The maximum atomic E-state index is 13.1. The van der Waals surface area contributed by atoms with E-state index in [9.17, 15) is 14.3 Å². The summed E-state index contributed by atoms with van der Waals surface area (Å²) in [6.07, 6.45) is -0.124. The highest BCUT2D eigenvalue weighted by Crippen LogP contribution is 2.33. The van der Waals surface area contributed by atoms with Crippen molar-refractivity contribution >= 4 is 5.91 Å². The molecule has 0 spiro atoms. The molecule has 4 nitrogen and oxygen atoms in total. The topological polar surface area (TPSA) is 49.8 Å². The molecule has 1 amide bonds. The van der Waals surface area contributed by atoms with E-state index in [2.05, 4.69) is 0 Å². The second kappa shape index (κ2) is 7.11. The van der Waals surface area contributed by atoms with Crippen molar-refractivity contribution in [1.82, 2.24) is 4.90 Å². The van der Waals surface area contributed by atoms with Crippen molar-refractivity contribution in [3.05, 3.63) is 71.0 Å². The molecule has 5 heteroatoms. The molecule has 1 aliphatic heterocycles. The second-order valence-electron chi connectivity index (χ2n) is 6.05. The second-order valence-corrected chi connectivity index (χ2v) is 6.05. The lowest BCUT2D eigenvalue weighted by Crippen LogP contribution is -2.31. The number of methoxy groups -OCH3 is 1. The molecule has 0 radical (unpaired) electrons. The summed E-state index contributed by atoms with van der Waals surface area (Å²) in [7, 11) is 1.61. The molecular formula is C19H20FNO3. The SMILES string of the molecule is COCc1cccc(C(=O)N2C[C@H](O)C[C@@H]2c2ccc(F)cc2)c1. The van der Waals surface area contributed by atoms with Crippen molar-refractivity contribution in [3.63, 3.8) is 0 Å². The monoisotopic (exact) mass is 329 g/mol. The highest BCUT2D eigenvalue weighted by atomic mass is 19.1. The number of ether oxygens (including phenoxy) is 1. The Morgan fingerprint density at radius 3 is 2.75 bits per heavy atom. The Balaban J connectivity index is 1.86. The molecule has 2 aromatic carbocycles. The van der Waals surface area contributed by atoms with E-state index in [1.54, 1.807) is 36.3 Å². The first-order valence-corrected chi connectivity index (χ1v) is 7.91. The van der Waals surface area contributed by atoms with Gasteiger partial charge in [0.05, 0.1) is 18.8 Å². The van der Waals surface area contributed by atoms with Crippen LogP contribution in [0.25, 0.3) is 0 Å². The van der Waals surface area contributed by atoms with Gasteiger partial charge in [0.1, 0.15) is 5.82 Å². The van der Waals surface area contributed by atoms with Gasteiger partial charge < -0.3 is 14.7 Å². The number of aliphatic hydroxyl groups excluding tert-OH is 1. The molecule has 1 N–H and O–H groups in total. The zero-order chi connectivity index (χ0) is 17.1. The van der Waals surface area contributed by atoms with Gasteiger partial charge in [-0.25, -0.2) is 4.39 Å². The van der Waals surface area contributed by atoms with Gasteiger partial charge in [0.25, 0.3) is 5.91 Å². The smallest absolute Gasteiger partial charge is 0.254 e. The van der Waals surface area contributed by atoms with Gasteiger partial charge in [0, 0.05) is 19.2 Å². The Labute approximate surface area is 140 Å². The van der Waals surface area contributed by atoms with Crippen molar-refractivity contribution in [3.8, 4) is 0 Å². The molecule has 3 rings (SSSR count). The Morgan fingerprint density at radius 2 is 2.04 bits per heavy atom. The molecule has 1 aliphatic rings. The van der Waals surface area contributed by atoms with Crippen molar-refractivity contribution < 1.29 is 19.0 Å². The van der Waals surface area contributed by atoms with Crippen LogP contribution in [-0.4, -0.2) is 35.7 Å². The zero-order valence-corrected chi connectivity index (χ0v) is 13.5. The van der Waals surface area contributed by atoms with Gasteiger partial charge in [-0.1, -0.05) is 24.3 Å². The van der Waals surface area contributed by atoms with E-state index in [0.29, 0.717) is 18.6 Å². The first-order valence-electron chi connectivity index (χ1n) is 7.91. The standard InChI is InChI=1S/C19H20FNO3/c1-24-12-13-3-2-4-15(9-13)19(23)21-11-17(22)10-18(21)14-5-7-16(20)8-6-14/h2-9,17-18,22H,10-12H2,1H3/t17-,18-/m1/s1. The Hall–Kier alpha value is -2.24. The molecule has 126 valence electrons. The summed E-state index contributed by atoms with van der Waals surface area (Å²) in [6, 6.07) is 13.1. The van der Waals surface area contributed by atoms with Crippen LogP contribution in [0.5, 0.6) is 0 Å². The van der Waals surface area contributed by atoms with Gasteiger partial charge in [0.15, 0.2) is 0 Å². The molecule has 0 aromatic heterocycles. The zero-order valence-electron chi connectivity index (χ0n) is 13.5. The molecule has 2 aromatic rings. The summed E-state index contributed by atoms with van der Waals surface area (Å²) in [5.41, 5.74) is 2.31. The van der Waals surface area contributed by atoms with Gasteiger partial charge in [-0.15, -0.1) is 0 Å². The fourth-order valence-electron chi connectivity index (χ4n) is 3.17. The van der Waals surface area contributed by atoms with E-state index in [4.69, 9.17) is 4.74 Å². The number of rotatable bonds is 4. The molecule has 24 heavy (non-hydrogen) atoms. The number of carbonyl (C=O) groups excluding carboxylic acids is 1. The predicted molar refractivity (Wildman–Crippen MR) is 88.0 cm³/mol. The summed E-state index contributed by atoms with van der Waals surface area (Å²) in [5.74, 6) is -0.457. The number of halogens is 1. The van der Waals surface area contributed by atoms with Gasteiger partial charge in [0.2, 0.25) is 0 Å². The maximum absolute atomic E-state index is 13.1. The fraction of sp³-hybridized carbons (Fsp3) is 0.316. The lowest BCUT2D eigenvalue weighted by atomic mass is 10.0. The van der Waals surface area contributed by atoms with Gasteiger partial charge in [-0.2, -0.15) is 0 Å². The van der Waals surface area contributed by atoms with Crippen LogP contribution in [0.2, 0.25) is 0 Å². The molecular weight excluding hydrogens is 309 g/mol. The maximum Gasteiger partial charge on any atom is 0.254 e. The van der Waals surface area contributed by atoms with Crippen LogP contribution < -0.4 is 0 Å². The summed E-state index contributed by atoms with van der Waals surface area (Å²) in [6.45, 7) is 0.709. The van der Waals surface area contributed by atoms with E-state index >= 15 is 0 Å². The van der Waals surface area contributed by atoms with Gasteiger partial charge >= 0.3 is 0 Å². The van der Waals surface area contributed by atoms with Gasteiger partial charge in [-0.3, -0.25) is 4.79 Å². The average molecular weight is 329 g/mol. The number of hydrogen-bond acceptors (Lipinski definition) is 3.